The molecule has 0 saturated carbocycles. The van der Waals surface area contributed by atoms with Crippen LogP contribution in [0.4, 0.5) is 23.7 Å². The van der Waals surface area contributed by atoms with E-state index in [0.717, 1.165) is 45.9 Å². The molecule has 1 fully saturated rings. The van der Waals surface area contributed by atoms with E-state index < -0.39 is 64.0 Å². The lowest BCUT2D eigenvalue weighted by molar-refractivity contribution is -0.138. The highest BCUT2D eigenvalue weighted by molar-refractivity contribution is 8.00. The number of hydrogen-bond acceptors (Lipinski definition) is 7. The summed E-state index contributed by atoms with van der Waals surface area (Å²) in [6.45, 7) is -0.547. The summed E-state index contributed by atoms with van der Waals surface area (Å²) < 4.78 is 40.2. The van der Waals surface area contributed by atoms with Crippen molar-refractivity contribution in [3.8, 4) is 0 Å². The predicted molar refractivity (Wildman–Crippen MR) is 132 cm³/mol. The van der Waals surface area contributed by atoms with E-state index in [9.17, 15) is 37.1 Å². The maximum absolute atomic E-state index is 13.1. The molecule has 0 aliphatic carbocycles. The Bertz CT molecular complexity index is 1540. The van der Waals surface area contributed by atoms with Crippen molar-refractivity contribution in [2.45, 2.75) is 28.9 Å². The molecule has 3 aromatic rings. The highest BCUT2D eigenvalue weighted by Gasteiger charge is 2.57. The van der Waals surface area contributed by atoms with Crippen molar-refractivity contribution in [2.75, 3.05) is 5.32 Å². The molecule has 5 rings (SSSR count). The predicted octanol–water partition coefficient (Wildman–Crippen LogP) is 3.24. The Labute approximate surface area is 220 Å². The van der Waals surface area contributed by atoms with Crippen molar-refractivity contribution >= 4 is 52.5 Å². The number of nitrogens with one attached hydrogen (secondary N) is 1. The van der Waals surface area contributed by atoms with Gasteiger partial charge in [0.1, 0.15) is 11.8 Å². The lowest BCUT2D eigenvalue weighted by Gasteiger charge is -2.30. The Balaban J connectivity index is 1.51. The van der Waals surface area contributed by atoms with Gasteiger partial charge in [0.05, 0.1) is 16.5 Å². The van der Waals surface area contributed by atoms with Crippen molar-refractivity contribution in [3.63, 3.8) is 0 Å². The first kappa shape index (κ1) is 25.7. The van der Waals surface area contributed by atoms with Crippen LogP contribution in [0.1, 0.15) is 21.9 Å². The number of primary amides is 1. The average molecular weight is 563 g/mol. The third-order valence-electron chi connectivity index (χ3n) is 6.20. The summed E-state index contributed by atoms with van der Waals surface area (Å²) in [6.07, 6.45) is -4.60. The fourth-order valence-electron chi connectivity index (χ4n) is 4.61. The van der Waals surface area contributed by atoms with Gasteiger partial charge in [0.15, 0.2) is 0 Å². The number of hydrogen-bond donors (Lipinski definition) is 2. The molecule has 2 unspecified atom stereocenters. The number of benzene rings is 2. The molecule has 38 heavy (non-hydrogen) atoms. The van der Waals surface area contributed by atoms with E-state index in [1.54, 1.807) is 30.3 Å². The van der Waals surface area contributed by atoms with E-state index in [0.29, 0.717) is 15.3 Å². The van der Waals surface area contributed by atoms with Crippen LogP contribution in [0, 0.1) is 5.92 Å². The minimum atomic E-state index is -4.60. The molecule has 1 saturated heterocycles. The Kier molecular flexibility index (Phi) is 6.39. The maximum atomic E-state index is 13.1. The largest absolute Gasteiger partial charge is 0.416 e. The van der Waals surface area contributed by atoms with Gasteiger partial charge in [-0.05, 0) is 23.8 Å². The van der Waals surface area contributed by atoms with Gasteiger partial charge in [-0.25, -0.2) is 4.79 Å². The molecule has 196 valence electrons. The molecule has 0 radical (unpaired) electrons. The van der Waals surface area contributed by atoms with Gasteiger partial charge in [0.2, 0.25) is 11.8 Å². The third-order valence-corrected chi connectivity index (χ3v) is 8.81. The first-order valence-electron chi connectivity index (χ1n) is 11.1. The van der Waals surface area contributed by atoms with Gasteiger partial charge < -0.3 is 11.1 Å². The maximum Gasteiger partial charge on any atom is 0.416 e. The van der Waals surface area contributed by atoms with Crippen LogP contribution in [0.2, 0.25) is 0 Å². The van der Waals surface area contributed by atoms with Crippen LogP contribution in [0.5, 0.6) is 0 Å². The highest BCUT2D eigenvalue weighted by atomic mass is 32.2. The van der Waals surface area contributed by atoms with Gasteiger partial charge in [-0.1, -0.05) is 59.5 Å². The molecular formula is C24H17F3N4O5S2. The van der Waals surface area contributed by atoms with Crippen LogP contribution < -0.4 is 15.9 Å². The molecule has 2 aliphatic heterocycles. The topological polar surface area (TPSA) is 132 Å². The first-order chi connectivity index (χ1) is 18.0. The number of aromatic nitrogens is 1. The number of urea groups is 1. The summed E-state index contributed by atoms with van der Waals surface area (Å²) >= 11 is 1.68. The standard InChI is InChI=1S/C24H17F3N4O5S2/c25-24(26,27)12-7-4-8-13(9-12)29-14(32)10-30-21-18(38-23(30)36)15(11-5-2-1-3-6-11)16-17(37-21)20(34)31(19(16)33)22(28)35/h1-9,15-17H,10H2,(H2,28,35)(H,29,32)/t15-,16?,17?/m0/s1. The lowest BCUT2D eigenvalue weighted by atomic mass is 9.83. The van der Waals surface area contributed by atoms with Gasteiger partial charge in [0, 0.05) is 16.5 Å². The van der Waals surface area contributed by atoms with Crippen LogP contribution in [0.25, 0.3) is 0 Å². The Morgan fingerprint density at radius 3 is 2.37 bits per heavy atom. The quantitative estimate of drug-likeness (QED) is 0.470. The summed E-state index contributed by atoms with van der Waals surface area (Å²) in [5, 5.41) is 1.56. The Morgan fingerprint density at radius 2 is 1.71 bits per heavy atom. The van der Waals surface area contributed by atoms with Crippen LogP contribution in [-0.2, 0) is 27.1 Å². The minimum absolute atomic E-state index is 0.106. The molecule has 3 N–H and O–H groups in total. The number of amides is 5. The molecular weight excluding hydrogens is 545 g/mol. The average Bonchev–Trinajstić information content (AvgIpc) is 3.30. The van der Waals surface area contributed by atoms with Crippen LogP contribution >= 0.6 is 23.1 Å². The van der Waals surface area contributed by atoms with E-state index >= 15 is 0 Å². The summed E-state index contributed by atoms with van der Waals surface area (Å²) in [5.41, 5.74) is 4.86. The number of thiazole rings is 1. The van der Waals surface area contributed by atoms with Gasteiger partial charge in [0.25, 0.3) is 5.91 Å². The van der Waals surface area contributed by atoms with Crippen LogP contribution in [0.3, 0.4) is 0 Å². The smallest absolute Gasteiger partial charge is 0.351 e. The third kappa shape index (κ3) is 4.39. The van der Waals surface area contributed by atoms with Gasteiger partial charge in [-0.2, -0.15) is 18.1 Å². The van der Waals surface area contributed by atoms with Crippen molar-refractivity contribution in [3.05, 3.63) is 80.3 Å². The van der Waals surface area contributed by atoms with E-state index in [1.807, 2.05) is 0 Å². The number of halogens is 3. The summed E-state index contributed by atoms with van der Waals surface area (Å²) in [4.78, 5) is 64.0. The molecule has 2 aliphatic rings. The monoisotopic (exact) mass is 562 g/mol. The number of nitrogens with zero attached hydrogens (tertiary/aromatic N) is 2. The van der Waals surface area contributed by atoms with Crippen molar-refractivity contribution in [1.82, 2.24) is 9.47 Å². The second-order valence-electron chi connectivity index (χ2n) is 8.55. The number of anilines is 1. The number of alkyl halides is 3. The van der Waals surface area contributed by atoms with Crippen molar-refractivity contribution in [1.29, 1.82) is 0 Å². The van der Waals surface area contributed by atoms with Crippen LogP contribution in [-0.4, -0.2) is 38.5 Å². The molecule has 14 heteroatoms. The number of fused-ring (bicyclic) bond motifs is 2. The second-order valence-corrected chi connectivity index (χ2v) is 10.7. The zero-order valence-electron chi connectivity index (χ0n) is 19.1. The molecule has 2 aromatic carbocycles. The van der Waals surface area contributed by atoms with Crippen molar-refractivity contribution in [2.24, 2.45) is 11.7 Å². The lowest BCUT2D eigenvalue weighted by Crippen LogP contribution is -2.41. The number of rotatable bonds is 4. The highest BCUT2D eigenvalue weighted by Crippen LogP contribution is 2.53. The molecule has 3 heterocycles. The molecule has 5 amide bonds. The van der Waals surface area contributed by atoms with Gasteiger partial charge in [-0.3, -0.25) is 23.7 Å². The second kappa shape index (κ2) is 9.44. The molecule has 9 nitrogen and oxygen atoms in total. The Hall–Kier alpha value is -3.91. The van der Waals surface area contributed by atoms with E-state index in [2.05, 4.69) is 5.32 Å². The SMILES string of the molecule is NC(=O)N1C(=O)C2Sc3c(sc(=O)n3CC(=O)Nc3cccc(C(F)(F)F)c3)[C@@H](c3ccccc3)C2C1=O. The summed E-state index contributed by atoms with van der Waals surface area (Å²) in [5.74, 6) is -4.11. The van der Waals surface area contributed by atoms with E-state index in [-0.39, 0.29) is 10.7 Å². The molecule has 3 atom stereocenters. The molecule has 1 aromatic heterocycles. The number of carbonyl (C=O) groups excluding carboxylic acids is 4. The number of imide groups is 3. The fourth-order valence-corrected chi connectivity index (χ4v) is 7.38. The van der Waals surface area contributed by atoms with E-state index in [1.165, 1.54) is 6.07 Å². The van der Waals surface area contributed by atoms with Gasteiger partial charge >= 0.3 is 17.1 Å². The normalized spacial score (nSPS) is 20.7. The first-order valence-corrected chi connectivity index (χ1v) is 12.8. The number of nitrogens with two attached hydrogens (primary N) is 1. The summed E-state index contributed by atoms with van der Waals surface area (Å²) in [7, 11) is 0. The van der Waals surface area contributed by atoms with Crippen LogP contribution in [0.15, 0.2) is 64.4 Å². The zero-order valence-corrected chi connectivity index (χ0v) is 20.7. The molecule has 0 bridgehead atoms. The number of carbonyl (C=O) groups is 4. The molecule has 0 spiro atoms. The van der Waals surface area contributed by atoms with E-state index in [4.69, 9.17) is 5.73 Å². The fraction of sp³-hybridized carbons (Fsp3) is 0.208. The van der Waals surface area contributed by atoms with Gasteiger partial charge in [-0.15, -0.1) is 0 Å². The Morgan fingerprint density at radius 1 is 1.00 bits per heavy atom. The number of thioether (sulfide) groups is 1. The minimum Gasteiger partial charge on any atom is -0.351 e. The summed E-state index contributed by atoms with van der Waals surface area (Å²) in [6, 6.07) is 11.5. The number of likely N-dealkylation sites (tertiary alicyclic amines) is 1. The zero-order chi connectivity index (χ0) is 27.4. The van der Waals surface area contributed by atoms with Crippen molar-refractivity contribution < 1.29 is 32.3 Å².